The summed E-state index contributed by atoms with van der Waals surface area (Å²) in [7, 11) is 0. The Balaban J connectivity index is 1.66. The fourth-order valence-corrected chi connectivity index (χ4v) is 10.3. The summed E-state index contributed by atoms with van der Waals surface area (Å²) in [6, 6.07) is 0. The average Bonchev–Trinajstić information content (AvgIpc) is 3.08. The van der Waals surface area contributed by atoms with E-state index in [9.17, 15) is 15.3 Å². The van der Waals surface area contributed by atoms with E-state index < -0.39 is 5.60 Å². The predicted molar refractivity (Wildman–Crippen MR) is 136 cm³/mol. The third kappa shape index (κ3) is 3.61. The van der Waals surface area contributed by atoms with Crippen LogP contribution in [-0.2, 0) is 0 Å². The van der Waals surface area contributed by atoms with E-state index in [2.05, 4.69) is 54.5 Å². The van der Waals surface area contributed by atoms with Crippen molar-refractivity contribution in [3.05, 3.63) is 11.6 Å². The van der Waals surface area contributed by atoms with Crippen LogP contribution in [0.15, 0.2) is 11.6 Å². The Morgan fingerprint density at radius 3 is 2.18 bits per heavy atom. The molecule has 0 aromatic heterocycles. The van der Waals surface area contributed by atoms with Crippen molar-refractivity contribution in [3.8, 4) is 0 Å². The maximum atomic E-state index is 11.8. The summed E-state index contributed by atoms with van der Waals surface area (Å²) in [5.74, 6) is 1.31. The molecule has 0 spiro atoms. The second-order valence-electron chi connectivity index (χ2n) is 14.5. The van der Waals surface area contributed by atoms with Gasteiger partial charge in [0, 0.05) is 0 Å². The molecule has 4 rings (SSSR count). The van der Waals surface area contributed by atoms with Gasteiger partial charge in [0.15, 0.2) is 0 Å². The van der Waals surface area contributed by atoms with Gasteiger partial charge in [-0.05, 0) is 124 Å². The predicted octanol–water partition coefficient (Wildman–Crippen LogP) is 6.50. The lowest BCUT2D eigenvalue weighted by atomic mass is 9.35. The molecule has 4 aliphatic carbocycles. The molecule has 0 bridgehead atoms. The molecule has 4 fully saturated rings. The van der Waals surface area contributed by atoms with Gasteiger partial charge < -0.3 is 15.3 Å². The standard InChI is InChI=1S/C30H52O3/c1-19(2)10-9-14-30(8,33)20-11-16-29(7)25(20)21(31)18-23-27(5)15-13-24(32)26(3,4)22(27)12-17-28(23,29)6/h10,20-25,31-33H,9,11-18H2,1-8H3/t20?,21?,22?,23-,24?,25?,27+,28-,29+,30-/m1/s1. The number of allylic oxidation sites excluding steroid dienone is 2. The van der Waals surface area contributed by atoms with Crippen LogP contribution < -0.4 is 0 Å². The summed E-state index contributed by atoms with van der Waals surface area (Å²) >= 11 is 0. The summed E-state index contributed by atoms with van der Waals surface area (Å²) in [4.78, 5) is 0. The number of fused-ring (bicyclic) bond motifs is 5. The van der Waals surface area contributed by atoms with E-state index in [4.69, 9.17) is 0 Å². The minimum Gasteiger partial charge on any atom is -0.393 e. The smallest absolute Gasteiger partial charge is 0.0654 e. The molecule has 0 saturated heterocycles. The zero-order valence-electron chi connectivity index (χ0n) is 22.7. The SMILES string of the molecule is CC(C)=CCC[C@@](C)(O)C1CC[C@@]2(C)C1C(O)C[C@@H]1[C@@]3(C)CCC(O)C(C)(C)C3CC[C@]12C. The molecule has 33 heavy (non-hydrogen) atoms. The van der Waals surface area contributed by atoms with Gasteiger partial charge in [-0.25, -0.2) is 0 Å². The Hall–Kier alpha value is -0.380. The van der Waals surface area contributed by atoms with Gasteiger partial charge in [-0.2, -0.15) is 0 Å². The first-order valence-corrected chi connectivity index (χ1v) is 13.8. The number of hydrogen-bond donors (Lipinski definition) is 3. The van der Waals surface area contributed by atoms with E-state index in [0.717, 1.165) is 44.9 Å². The van der Waals surface area contributed by atoms with Crippen LogP contribution in [0.2, 0.25) is 0 Å². The lowest BCUT2D eigenvalue weighted by Gasteiger charge is -2.70. The van der Waals surface area contributed by atoms with Crippen molar-refractivity contribution in [3.63, 3.8) is 0 Å². The molecule has 3 N–H and O–H groups in total. The van der Waals surface area contributed by atoms with Crippen LogP contribution in [0.4, 0.5) is 0 Å². The zero-order chi connectivity index (χ0) is 24.6. The molecule has 190 valence electrons. The van der Waals surface area contributed by atoms with Gasteiger partial charge in [-0.3, -0.25) is 0 Å². The van der Waals surface area contributed by atoms with Crippen molar-refractivity contribution in [1.29, 1.82) is 0 Å². The molecule has 0 amide bonds. The number of hydrogen-bond acceptors (Lipinski definition) is 3. The van der Waals surface area contributed by atoms with Crippen LogP contribution in [-0.4, -0.2) is 33.1 Å². The highest BCUT2D eigenvalue weighted by Crippen LogP contribution is 2.75. The lowest BCUT2D eigenvalue weighted by molar-refractivity contribution is -0.246. The number of aliphatic hydroxyl groups excluding tert-OH is 2. The largest absolute Gasteiger partial charge is 0.393 e. The molecule has 0 radical (unpaired) electrons. The Kier molecular flexibility index (Phi) is 6.28. The fourth-order valence-electron chi connectivity index (χ4n) is 10.3. The first-order chi connectivity index (χ1) is 15.1. The van der Waals surface area contributed by atoms with Gasteiger partial charge in [0.2, 0.25) is 0 Å². The van der Waals surface area contributed by atoms with Crippen LogP contribution in [0.1, 0.15) is 113 Å². The average molecular weight is 461 g/mol. The maximum Gasteiger partial charge on any atom is 0.0654 e. The molecular weight excluding hydrogens is 408 g/mol. The summed E-state index contributed by atoms with van der Waals surface area (Å²) in [5, 5.41) is 34.3. The third-order valence-electron chi connectivity index (χ3n) is 12.4. The van der Waals surface area contributed by atoms with Crippen molar-refractivity contribution < 1.29 is 15.3 Å². The minimum absolute atomic E-state index is 0.0503. The normalized spacial score (nSPS) is 50.5. The summed E-state index contributed by atoms with van der Waals surface area (Å²) in [6.45, 7) is 18.3. The van der Waals surface area contributed by atoms with E-state index in [-0.39, 0.29) is 45.7 Å². The lowest BCUT2D eigenvalue weighted by Crippen LogP contribution is -2.66. The van der Waals surface area contributed by atoms with Gasteiger partial charge in [-0.1, -0.05) is 46.3 Å². The molecule has 3 heteroatoms. The van der Waals surface area contributed by atoms with Crippen molar-refractivity contribution in [2.75, 3.05) is 0 Å². The molecule has 4 saturated carbocycles. The topological polar surface area (TPSA) is 60.7 Å². The Bertz CT molecular complexity index is 779. The highest BCUT2D eigenvalue weighted by Gasteiger charge is 2.71. The Morgan fingerprint density at radius 2 is 1.55 bits per heavy atom. The van der Waals surface area contributed by atoms with E-state index in [0.29, 0.717) is 11.8 Å². The van der Waals surface area contributed by atoms with Crippen molar-refractivity contribution in [1.82, 2.24) is 0 Å². The molecule has 0 heterocycles. The van der Waals surface area contributed by atoms with Crippen molar-refractivity contribution >= 4 is 0 Å². The number of rotatable bonds is 4. The van der Waals surface area contributed by atoms with Crippen LogP contribution in [0.3, 0.4) is 0 Å². The molecule has 5 unspecified atom stereocenters. The van der Waals surface area contributed by atoms with Gasteiger partial charge in [0.1, 0.15) is 0 Å². The van der Waals surface area contributed by atoms with Crippen LogP contribution in [0, 0.1) is 45.3 Å². The van der Waals surface area contributed by atoms with Crippen molar-refractivity contribution in [2.24, 2.45) is 45.3 Å². The zero-order valence-corrected chi connectivity index (χ0v) is 22.7. The summed E-state index contributed by atoms with van der Waals surface area (Å²) in [5.41, 5.74) is 0.885. The first-order valence-electron chi connectivity index (χ1n) is 13.8. The summed E-state index contributed by atoms with van der Waals surface area (Å²) < 4.78 is 0. The Morgan fingerprint density at radius 1 is 0.909 bits per heavy atom. The quantitative estimate of drug-likeness (QED) is 0.420. The molecule has 0 aliphatic heterocycles. The third-order valence-corrected chi connectivity index (χ3v) is 12.4. The van der Waals surface area contributed by atoms with Crippen molar-refractivity contribution in [2.45, 2.75) is 131 Å². The molecule has 4 aliphatic rings. The molecule has 3 nitrogen and oxygen atoms in total. The van der Waals surface area contributed by atoms with E-state index in [1.54, 1.807) is 0 Å². The minimum atomic E-state index is -0.739. The van der Waals surface area contributed by atoms with Gasteiger partial charge >= 0.3 is 0 Å². The van der Waals surface area contributed by atoms with Gasteiger partial charge in [-0.15, -0.1) is 0 Å². The second kappa shape index (κ2) is 8.07. The highest BCUT2D eigenvalue weighted by molar-refractivity contribution is 5.20. The molecular formula is C30H52O3. The first kappa shape index (κ1) is 25.7. The molecule has 0 aromatic rings. The van der Waals surface area contributed by atoms with E-state index in [1.165, 1.54) is 18.4 Å². The molecule has 10 atom stereocenters. The monoisotopic (exact) mass is 460 g/mol. The maximum absolute atomic E-state index is 11.8. The van der Waals surface area contributed by atoms with Crippen LogP contribution in [0.5, 0.6) is 0 Å². The van der Waals surface area contributed by atoms with Crippen LogP contribution in [0.25, 0.3) is 0 Å². The highest BCUT2D eigenvalue weighted by atomic mass is 16.3. The molecule has 0 aromatic carbocycles. The van der Waals surface area contributed by atoms with Gasteiger partial charge in [0.05, 0.1) is 17.8 Å². The van der Waals surface area contributed by atoms with Gasteiger partial charge in [0.25, 0.3) is 0 Å². The van der Waals surface area contributed by atoms with E-state index in [1.807, 2.05) is 6.92 Å². The summed E-state index contributed by atoms with van der Waals surface area (Å²) in [6.07, 6.45) is 10.6. The fraction of sp³-hybridized carbons (Fsp3) is 0.933. The Labute approximate surface area is 203 Å². The van der Waals surface area contributed by atoms with E-state index >= 15 is 0 Å². The second-order valence-corrected chi connectivity index (χ2v) is 14.5. The number of aliphatic hydroxyl groups is 3. The van der Waals surface area contributed by atoms with Crippen LogP contribution >= 0.6 is 0 Å².